The van der Waals surface area contributed by atoms with Crippen LogP contribution in [0, 0.1) is 0 Å². The molecular weight excluding hydrogens is 377 g/mol. The fourth-order valence-corrected chi connectivity index (χ4v) is 3.25. The number of likely N-dealkylation sites (N-methyl/N-ethyl adjacent to an activating group) is 1. The van der Waals surface area contributed by atoms with Crippen molar-refractivity contribution < 1.29 is 31.9 Å². The molecule has 9 heteroatoms. The van der Waals surface area contributed by atoms with E-state index in [1.165, 1.54) is 47.4 Å². The molecule has 1 saturated heterocycles. The summed E-state index contributed by atoms with van der Waals surface area (Å²) in [5.41, 5.74) is 0.220. The van der Waals surface area contributed by atoms with Crippen LogP contribution in [0.25, 0.3) is 0 Å². The molecule has 0 aliphatic carbocycles. The largest absolute Gasteiger partial charge is 0.573 e. The van der Waals surface area contributed by atoms with Crippen molar-refractivity contribution >= 4 is 11.8 Å². The Kier molecular flexibility index (Phi) is 5.62. The molecule has 2 aromatic rings. The van der Waals surface area contributed by atoms with Gasteiger partial charge in [0.2, 0.25) is 5.91 Å². The van der Waals surface area contributed by atoms with Crippen LogP contribution in [-0.2, 0) is 11.3 Å². The van der Waals surface area contributed by atoms with Gasteiger partial charge in [0.1, 0.15) is 11.8 Å². The van der Waals surface area contributed by atoms with Crippen molar-refractivity contribution in [2.24, 2.45) is 0 Å². The van der Waals surface area contributed by atoms with E-state index in [2.05, 4.69) is 4.74 Å². The summed E-state index contributed by atoms with van der Waals surface area (Å²) in [5.74, 6) is -0.940. The third-order valence-electron chi connectivity index (χ3n) is 4.51. The molecule has 0 bridgehead atoms. The molecule has 1 aromatic heterocycles. The van der Waals surface area contributed by atoms with Crippen molar-refractivity contribution in [3.05, 3.63) is 54.0 Å². The summed E-state index contributed by atoms with van der Waals surface area (Å²) >= 11 is 0. The number of nitrogens with zero attached hydrogens (tertiary/aromatic N) is 2. The zero-order chi connectivity index (χ0) is 20.3. The normalized spacial score (nSPS) is 16.9. The number of para-hydroxylation sites is 1. The number of halogens is 3. The quantitative estimate of drug-likeness (QED) is 0.777. The van der Waals surface area contributed by atoms with Crippen molar-refractivity contribution in [2.45, 2.75) is 31.8 Å². The molecule has 1 aromatic carbocycles. The number of alkyl halides is 3. The topological polar surface area (TPSA) is 63.0 Å². The SMILES string of the molecule is CN(Cc1ccccc1OC(F)(F)F)C(=O)C1CCCN1C(=O)c1ccco1. The molecule has 28 heavy (non-hydrogen) atoms. The lowest BCUT2D eigenvalue weighted by atomic mass is 10.1. The Labute approximate surface area is 159 Å². The predicted octanol–water partition coefficient (Wildman–Crippen LogP) is 3.44. The molecule has 0 radical (unpaired) electrons. The highest BCUT2D eigenvalue weighted by Crippen LogP contribution is 2.28. The smallest absolute Gasteiger partial charge is 0.459 e. The molecule has 1 aliphatic rings. The van der Waals surface area contributed by atoms with Gasteiger partial charge in [0.15, 0.2) is 5.76 Å². The number of likely N-dealkylation sites (tertiary alicyclic amines) is 1. The zero-order valence-corrected chi connectivity index (χ0v) is 15.1. The van der Waals surface area contributed by atoms with Crippen LogP contribution >= 0.6 is 0 Å². The number of rotatable bonds is 5. The van der Waals surface area contributed by atoms with E-state index in [4.69, 9.17) is 4.42 Å². The predicted molar refractivity (Wildman–Crippen MR) is 92.4 cm³/mol. The maximum absolute atomic E-state index is 12.9. The molecule has 3 rings (SSSR count). The number of benzene rings is 1. The van der Waals surface area contributed by atoms with E-state index in [9.17, 15) is 22.8 Å². The second kappa shape index (κ2) is 7.95. The minimum Gasteiger partial charge on any atom is -0.459 e. The van der Waals surface area contributed by atoms with Crippen molar-refractivity contribution in [3.63, 3.8) is 0 Å². The number of carbonyl (C=O) groups is 2. The van der Waals surface area contributed by atoms with E-state index < -0.39 is 12.4 Å². The second-order valence-electron chi connectivity index (χ2n) is 6.48. The van der Waals surface area contributed by atoms with Gasteiger partial charge in [0.05, 0.1) is 6.26 Å². The van der Waals surface area contributed by atoms with Gasteiger partial charge in [-0.1, -0.05) is 18.2 Å². The first-order chi connectivity index (χ1) is 13.3. The number of amides is 2. The second-order valence-corrected chi connectivity index (χ2v) is 6.48. The molecule has 1 atom stereocenters. The Bertz CT molecular complexity index is 836. The van der Waals surface area contributed by atoms with Crippen LogP contribution in [0.5, 0.6) is 5.75 Å². The van der Waals surface area contributed by atoms with Crippen molar-refractivity contribution in [1.82, 2.24) is 9.80 Å². The Morgan fingerprint density at radius 2 is 2.00 bits per heavy atom. The van der Waals surface area contributed by atoms with Gasteiger partial charge < -0.3 is 19.0 Å². The minimum absolute atomic E-state index is 0.0790. The van der Waals surface area contributed by atoms with Gasteiger partial charge in [-0.3, -0.25) is 9.59 Å². The van der Waals surface area contributed by atoms with Gasteiger partial charge in [0, 0.05) is 25.7 Å². The van der Waals surface area contributed by atoms with Gasteiger partial charge in [-0.05, 0) is 31.0 Å². The summed E-state index contributed by atoms with van der Waals surface area (Å²) in [6, 6.07) is 8.08. The monoisotopic (exact) mass is 396 g/mol. The van der Waals surface area contributed by atoms with Gasteiger partial charge >= 0.3 is 6.36 Å². The Hall–Kier alpha value is -2.97. The van der Waals surface area contributed by atoms with Crippen LogP contribution < -0.4 is 4.74 Å². The van der Waals surface area contributed by atoms with Crippen LogP contribution in [0.2, 0.25) is 0 Å². The van der Waals surface area contributed by atoms with Crippen LogP contribution in [0.15, 0.2) is 47.1 Å². The summed E-state index contributed by atoms with van der Waals surface area (Å²) in [5, 5.41) is 0. The standard InChI is InChI=1S/C19H19F3N2O4/c1-23(12-13-6-2-3-8-15(13)28-19(20,21)22)17(25)14-7-4-10-24(14)18(26)16-9-5-11-27-16/h2-3,5-6,8-9,11,14H,4,7,10,12H2,1H3. The third kappa shape index (κ3) is 4.47. The molecule has 0 spiro atoms. The number of hydrogen-bond donors (Lipinski definition) is 0. The van der Waals surface area contributed by atoms with Crippen LogP contribution in [0.3, 0.4) is 0 Å². The molecule has 0 N–H and O–H groups in total. The molecule has 6 nitrogen and oxygen atoms in total. The highest BCUT2D eigenvalue weighted by atomic mass is 19.4. The average Bonchev–Trinajstić information content (AvgIpc) is 3.32. The lowest BCUT2D eigenvalue weighted by Gasteiger charge is -2.28. The molecule has 0 saturated carbocycles. The molecule has 1 unspecified atom stereocenters. The Morgan fingerprint density at radius 3 is 2.68 bits per heavy atom. The van der Waals surface area contributed by atoms with E-state index in [1.54, 1.807) is 12.1 Å². The molecule has 2 heterocycles. The third-order valence-corrected chi connectivity index (χ3v) is 4.51. The van der Waals surface area contributed by atoms with Gasteiger partial charge in [0.25, 0.3) is 5.91 Å². The van der Waals surface area contributed by atoms with Crippen molar-refractivity contribution in [2.75, 3.05) is 13.6 Å². The first kappa shape index (κ1) is 19.8. The van der Waals surface area contributed by atoms with Crippen LogP contribution in [0.1, 0.15) is 29.0 Å². The van der Waals surface area contributed by atoms with Crippen molar-refractivity contribution in [1.29, 1.82) is 0 Å². The van der Waals surface area contributed by atoms with E-state index in [0.717, 1.165) is 0 Å². The minimum atomic E-state index is -4.82. The Balaban J connectivity index is 1.72. The zero-order valence-electron chi connectivity index (χ0n) is 15.1. The first-order valence-corrected chi connectivity index (χ1v) is 8.69. The maximum atomic E-state index is 12.9. The fourth-order valence-electron chi connectivity index (χ4n) is 3.25. The summed E-state index contributed by atoms with van der Waals surface area (Å²) in [6.45, 7) is 0.335. The van der Waals surface area contributed by atoms with Crippen molar-refractivity contribution in [3.8, 4) is 5.75 Å². The summed E-state index contributed by atoms with van der Waals surface area (Å²) in [6.07, 6.45) is -2.30. The molecular formula is C19H19F3N2O4. The molecule has 2 amide bonds. The lowest BCUT2D eigenvalue weighted by Crippen LogP contribution is -2.46. The first-order valence-electron chi connectivity index (χ1n) is 8.69. The van der Waals surface area contributed by atoms with Crippen LogP contribution in [0.4, 0.5) is 13.2 Å². The molecule has 150 valence electrons. The lowest BCUT2D eigenvalue weighted by molar-refractivity contribution is -0.275. The number of carbonyl (C=O) groups excluding carboxylic acids is 2. The number of hydrogen-bond acceptors (Lipinski definition) is 4. The van der Waals surface area contributed by atoms with E-state index in [1.807, 2.05) is 0 Å². The average molecular weight is 396 g/mol. The van der Waals surface area contributed by atoms with E-state index in [0.29, 0.717) is 19.4 Å². The molecule has 1 fully saturated rings. The highest BCUT2D eigenvalue weighted by molar-refractivity contribution is 5.95. The number of ether oxygens (including phenoxy) is 1. The fraction of sp³-hybridized carbons (Fsp3) is 0.368. The summed E-state index contributed by atoms with van der Waals surface area (Å²) < 4.78 is 46.9. The van der Waals surface area contributed by atoms with E-state index in [-0.39, 0.29) is 35.4 Å². The molecule has 1 aliphatic heterocycles. The summed E-state index contributed by atoms with van der Waals surface area (Å²) in [4.78, 5) is 28.1. The summed E-state index contributed by atoms with van der Waals surface area (Å²) in [7, 11) is 1.49. The van der Waals surface area contributed by atoms with Gasteiger partial charge in [-0.25, -0.2) is 0 Å². The highest BCUT2D eigenvalue weighted by Gasteiger charge is 2.37. The van der Waals surface area contributed by atoms with Gasteiger partial charge in [-0.15, -0.1) is 13.2 Å². The van der Waals surface area contributed by atoms with E-state index >= 15 is 0 Å². The van der Waals surface area contributed by atoms with Gasteiger partial charge in [-0.2, -0.15) is 0 Å². The Morgan fingerprint density at radius 1 is 1.25 bits per heavy atom. The maximum Gasteiger partial charge on any atom is 0.573 e. The number of furan rings is 1. The van der Waals surface area contributed by atoms with Crippen LogP contribution in [-0.4, -0.2) is 47.6 Å².